The van der Waals surface area contributed by atoms with Gasteiger partial charge in [-0.1, -0.05) is 137 Å². The largest absolute Gasteiger partial charge is 0.478 e. The van der Waals surface area contributed by atoms with Crippen LogP contribution in [0.5, 0.6) is 0 Å². The number of rotatable bonds is 18. The summed E-state index contributed by atoms with van der Waals surface area (Å²) in [6.45, 7) is 23.6. The van der Waals surface area contributed by atoms with E-state index in [-0.39, 0.29) is 23.3 Å². The molecule has 8 heteroatoms. The van der Waals surface area contributed by atoms with E-state index in [1.165, 1.54) is 22.3 Å². The molecule has 2 atom stereocenters. The van der Waals surface area contributed by atoms with Crippen molar-refractivity contribution in [2.75, 3.05) is 13.2 Å². The van der Waals surface area contributed by atoms with Crippen LogP contribution < -0.4 is 0 Å². The Bertz CT molecular complexity index is 1810. The van der Waals surface area contributed by atoms with Crippen molar-refractivity contribution in [3.05, 3.63) is 143 Å². The Kier molecular flexibility index (Phi) is 13.2. The average Bonchev–Trinajstić information content (AvgIpc) is 3.92. The Morgan fingerprint density at radius 2 is 0.842 bits per heavy atom. The first-order valence-corrected chi connectivity index (χ1v) is 28.1. The van der Waals surface area contributed by atoms with Crippen LogP contribution in [0.2, 0.25) is 39.3 Å². The van der Waals surface area contributed by atoms with Crippen LogP contribution in [0.3, 0.4) is 0 Å². The molecule has 6 rings (SSSR count). The maximum Gasteiger partial charge on any atom is 0.200 e. The van der Waals surface area contributed by atoms with Crippen LogP contribution in [-0.4, -0.2) is 41.6 Å². The molecule has 4 aromatic carbocycles. The number of ether oxygens (including phenoxy) is 2. The highest BCUT2D eigenvalue weighted by atomic mass is 28.4. The van der Waals surface area contributed by atoms with Crippen LogP contribution in [0.15, 0.2) is 119 Å². The molecular formula is C49H66N2O4Si2. The number of hydrogen-bond donors (Lipinski definition) is 0. The summed E-state index contributed by atoms with van der Waals surface area (Å²) in [5, 5.41) is 0. The van der Waals surface area contributed by atoms with E-state index in [0.29, 0.717) is 37.9 Å². The SMILES string of the molecule is CCC(CC)(O[Si](C)(C)C)c1ccc(CC(Cc2ccc(C(CC)(CC)O[Si](C)(C)C)cc2)(C2=N[C@@H](c3ccccc3)CO2)C2=N[C@@H](c3ccccc3)CO2)cc1. The van der Waals surface area contributed by atoms with Crippen molar-refractivity contribution in [3.63, 3.8) is 0 Å². The summed E-state index contributed by atoms with van der Waals surface area (Å²) in [5.74, 6) is 1.38. The fourth-order valence-electron chi connectivity index (χ4n) is 8.86. The molecule has 0 spiro atoms. The van der Waals surface area contributed by atoms with E-state index < -0.39 is 22.0 Å². The van der Waals surface area contributed by atoms with Gasteiger partial charge in [0.15, 0.2) is 16.6 Å². The summed E-state index contributed by atoms with van der Waals surface area (Å²) >= 11 is 0. The second-order valence-electron chi connectivity index (χ2n) is 18.0. The Morgan fingerprint density at radius 3 is 1.14 bits per heavy atom. The van der Waals surface area contributed by atoms with E-state index in [2.05, 4.69) is 164 Å². The molecule has 0 fully saturated rings. The smallest absolute Gasteiger partial charge is 0.200 e. The minimum atomic E-state index is -1.82. The molecule has 0 aliphatic carbocycles. The highest BCUT2D eigenvalue weighted by Crippen LogP contribution is 2.43. The maximum atomic E-state index is 6.93. The van der Waals surface area contributed by atoms with Gasteiger partial charge in [-0.25, -0.2) is 9.98 Å². The third-order valence-corrected chi connectivity index (χ3v) is 13.8. The summed E-state index contributed by atoms with van der Waals surface area (Å²) in [6.07, 6.45) is 4.91. The number of nitrogens with zero attached hydrogens (tertiary/aromatic N) is 2. The van der Waals surface area contributed by atoms with Gasteiger partial charge >= 0.3 is 0 Å². The van der Waals surface area contributed by atoms with E-state index in [1.54, 1.807) is 0 Å². The first-order valence-electron chi connectivity index (χ1n) is 21.3. The molecule has 2 aliphatic rings. The van der Waals surface area contributed by atoms with Crippen molar-refractivity contribution in [1.29, 1.82) is 0 Å². The van der Waals surface area contributed by atoms with E-state index in [0.717, 1.165) is 36.8 Å². The minimum absolute atomic E-state index is 0.112. The molecule has 4 aromatic rings. The molecular weight excluding hydrogens is 737 g/mol. The topological polar surface area (TPSA) is 61.6 Å². The number of benzene rings is 4. The normalized spacial score (nSPS) is 17.9. The molecule has 0 unspecified atom stereocenters. The lowest BCUT2D eigenvalue weighted by atomic mass is 9.75. The summed E-state index contributed by atoms with van der Waals surface area (Å²) in [7, 11) is -3.64. The second kappa shape index (κ2) is 17.6. The molecule has 0 saturated carbocycles. The van der Waals surface area contributed by atoms with Crippen LogP contribution in [0.25, 0.3) is 0 Å². The van der Waals surface area contributed by atoms with Gasteiger partial charge in [0.2, 0.25) is 11.8 Å². The standard InChI is InChI=1S/C49H66N2O4Si2/c1-11-48(12-2,54-56(5,6)7)41-29-25-37(26-30-41)33-47(45-50-43(35-52-45)39-21-17-15-18-22-39,46-51-44(36-53-46)40-23-19-16-20-24-40)34-38-27-31-42(32-28-38)49(13-3,14-4)55-57(8,9)10/h15-32,43-44H,11-14,33-36H2,1-10H3/t43-,44-/m1/s1. The Hall–Kier alpha value is -3.83. The number of hydrogen-bond acceptors (Lipinski definition) is 6. The maximum absolute atomic E-state index is 6.93. The summed E-state index contributed by atoms with van der Waals surface area (Å²) in [4.78, 5) is 10.8. The monoisotopic (exact) mass is 802 g/mol. The van der Waals surface area contributed by atoms with Gasteiger partial charge in [-0.3, -0.25) is 0 Å². The molecule has 0 aromatic heterocycles. The first kappa shape index (κ1) is 42.8. The van der Waals surface area contributed by atoms with Gasteiger partial charge in [0.25, 0.3) is 0 Å². The van der Waals surface area contributed by atoms with Crippen molar-refractivity contribution in [1.82, 2.24) is 0 Å². The van der Waals surface area contributed by atoms with Gasteiger partial charge < -0.3 is 18.3 Å². The van der Waals surface area contributed by atoms with Gasteiger partial charge in [0, 0.05) is 0 Å². The van der Waals surface area contributed by atoms with Crippen LogP contribution >= 0.6 is 0 Å². The Morgan fingerprint density at radius 1 is 0.509 bits per heavy atom. The molecule has 57 heavy (non-hydrogen) atoms. The molecule has 0 bridgehead atoms. The van der Waals surface area contributed by atoms with Crippen molar-refractivity contribution >= 4 is 28.4 Å². The lowest BCUT2D eigenvalue weighted by Gasteiger charge is -2.39. The lowest BCUT2D eigenvalue weighted by molar-refractivity contribution is 0.0486. The fraction of sp³-hybridized carbons (Fsp3) is 0.469. The first-order chi connectivity index (χ1) is 27.2. The molecule has 2 aliphatic heterocycles. The summed E-state index contributed by atoms with van der Waals surface area (Å²) < 4.78 is 27.4. The highest BCUT2D eigenvalue weighted by molar-refractivity contribution is 6.70. The molecule has 2 heterocycles. The summed E-state index contributed by atoms with van der Waals surface area (Å²) in [5.41, 5.74) is 5.68. The molecule has 0 N–H and O–H groups in total. The molecule has 6 nitrogen and oxygen atoms in total. The average molecular weight is 803 g/mol. The zero-order chi connectivity index (χ0) is 40.9. The van der Waals surface area contributed by atoms with Crippen LogP contribution in [-0.2, 0) is 42.4 Å². The van der Waals surface area contributed by atoms with Crippen molar-refractivity contribution in [2.45, 2.75) is 129 Å². The van der Waals surface area contributed by atoms with E-state index in [1.807, 2.05) is 12.1 Å². The van der Waals surface area contributed by atoms with Gasteiger partial charge in [0.05, 0.1) is 11.2 Å². The van der Waals surface area contributed by atoms with Gasteiger partial charge in [0.1, 0.15) is 30.7 Å². The quantitative estimate of drug-likeness (QED) is 0.0940. The lowest BCUT2D eigenvalue weighted by Crippen LogP contribution is -2.44. The van der Waals surface area contributed by atoms with Gasteiger partial charge in [-0.15, -0.1) is 0 Å². The fourth-order valence-corrected chi connectivity index (χ4v) is 12.0. The Labute approximate surface area is 345 Å². The van der Waals surface area contributed by atoms with E-state index >= 15 is 0 Å². The minimum Gasteiger partial charge on any atom is -0.478 e. The van der Waals surface area contributed by atoms with Gasteiger partial charge in [-0.2, -0.15) is 0 Å². The van der Waals surface area contributed by atoms with Crippen molar-refractivity contribution < 1.29 is 18.3 Å². The Balaban J connectivity index is 1.48. The molecule has 304 valence electrons. The third kappa shape index (κ3) is 9.73. The molecule has 0 amide bonds. The van der Waals surface area contributed by atoms with Crippen molar-refractivity contribution in [3.8, 4) is 0 Å². The third-order valence-electron chi connectivity index (χ3n) is 11.7. The number of aliphatic imine (C=N–C) groups is 2. The predicted molar refractivity (Wildman–Crippen MR) is 241 cm³/mol. The predicted octanol–water partition coefficient (Wildman–Crippen LogP) is 12.5. The van der Waals surface area contributed by atoms with Gasteiger partial charge in [-0.05, 0) is 111 Å². The van der Waals surface area contributed by atoms with Crippen molar-refractivity contribution in [2.24, 2.45) is 15.4 Å². The van der Waals surface area contributed by atoms with E-state index in [4.69, 9.17) is 28.3 Å². The molecule has 0 radical (unpaired) electrons. The zero-order valence-corrected chi connectivity index (χ0v) is 38.2. The molecule has 0 saturated heterocycles. The summed E-state index contributed by atoms with van der Waals surface area (Å²) in [6, 6.07) is 39.0. The van der Waals surface area contributed by atoms with Crippen LogP contribution in [0.1, 0.15) is 98.8 Å². The zero-order valence-electron chi connectivity index (χ0n) is 36.2. The highest BCUT2D eigenvalue weighted by Gasteiger charge is 2.50. The van der Waals surface area contributed by atoms with Crippen LogP contribution in [0.4, 0.5) is 0 Å². The second-order valence-corrected chi connectivity index (χ2v) is 26.9. The van der Waals surface area contributed by atoms with E-state index in [9.17, 15) is 0 Å². The van der Waals surface area contributed by atoms with Crippen LogP contribution in [0, 0.1) is 5.41 Å².